The standard InChI is InChI=1S/C16H14N2O2/c1-11(19)15-10-14(6-7-16(15)18)20-13-4-2-12(3-5-13)8-9-17/h2-7,10H,8,18H2,1H3. The van der Waals surface area contributed by atoms with Crippen LogP contribution in [0.3, 0.4) is 0 Å². The van der Waals surface area contributed by atoms with Gasteiger partial charge in [0.05, 0.1) is 12.5 Å². The molecule has 0 saturated heterocycles. The number of carbonyl (C=O) groups excluding carboxylic acids is 1. The highest BCUT2D eigenvalue weighted by atomic mass is 16.5. The Hall–Kier alpha value is -2.80. The van der Waals surface area contributed by atoms with Crippen LogP contribution >= 0.6 is 0 Å². The van der Waals surface area contributed by atoms with E-state index in [0.29, 0.717) is 29.2 Å². The summed E-state index contributed by atoms with van der Waals surface area (Å²) in [6.45, 7) is 1.46. The average molecular weight is 266 g/mol. The van der Waals surface area contributed by atoms with Gasteiger partial charge in [0.1, 0.15) is 11.5 Å². The summed E-state index contributed by atoms with van der Waals surface area (Å²) in [6.07, 6.45) is 0.372. The van der Waals surface area contributed by atoms with Crippen LogP contribution in [-0.4, -0.2) is 5.78 Å². The van der Waals surface area contributed by atoms with Crippen LogP contribution in [0.2, 0.25) is 0 Å². The van der Waals surface area contributed by atoms with Crippen molar-refractivity contribution >= 4 is 11.5 Å². The van der Waals surface area contributed by atoms with Gasteiger partial charge in [0.2, 0.25) is 0 Å². The number of nitriles is 1. The normalized spacial score (nSPS) is 9.80. The SMILES string of the molecule is CC(=O)c1cc(Oc2ccc(CC#N)cc2)ccc1N. The van der Waals surface area contributed by atoms with Gasteiger partial charge in [0.15, 0.2) is 5.78 Å². The summed E-state index contributed by atoms with van der Waals surface area (Å²) >= 11 is 0. The second kappa shape index (κ2) is 5.89. The molecule has 2 N–H and O–H groups in total. The van der Waals surface area contributed by atoms with E-state index in [4.69, 9.17) is 15.7 Å². The molecule has 0 bridgehead atoms. The lowest BCUT2D eigenvalue weighted by Gasteiger charge is -2.08. The Morgan fingerprint density at radius 2 is 1.85 bits per heavy atom. The van der Waals surface area contributed by atoms with Crippen LogP contribution in [0.15, 0.2) is 42.5 Å². The van der Waals surface area contributed by atoms with Crippen molar-refractivity contribution in [3.8, 4) is 17.6 Å². The summed E-state index contributed by atoms with van der Waals surface area (Å²) in [4.78, 5) is 11.4. The van der Waals surface area contributed by atoms with Crippen molar-refractivity contribution in [3.63, 3.8) is 0 Å². The minimum absolute atomic E-state index is 0.0997. The van der Waals surface area contributed by atoms with Gasteiger partial charge in [-0.05, 0) is 42.8 Å². The number of ketones is 1. The first kappa shape index (κ1) is 13.6. The van der Waals surface area contributed by atoms with Crippen LogP contribution in [0, 0.1) is 11.3 Å². The van der Waals surface area contributed by atoms with Gasteiger partial charge in [-0.1, -0.05) is 12.1 Å². The summed E-state index contributed by atoms with van der Waals surface area (Å²) in [7, 11) is 0. The maximum absolute atomic E-state index is 11.4. The topological polar surface area (TPSA) is 76.1 Å². The van der Waals surface area contributed by atoms with Gasteiger partial charge >= 0.3 is 0 Å². The third-order valence-electron chi connectivity index (χ3n) is 2.85. The molecule has 4 nitrogen and oxygen atoms in total. The van der Waals surface area contributed by atoms with E-state index in [9.17, 15) is 4.79 Å². The predicted molar refractivity (Wildman–Crippen MR) is 76.7 cm³/mol. The van der Waals surface area contributed by atoms with Gasteiger partial charge in [0, 0.05) is 11.3 Å². The summed E-state index contributed by atoms with van der Waals surface area (Å²) in [5.74, 6) is 1.10. The molecule has 0 aliphatic carbocycles. The number of hydrogen-bond acceptors (Lipinski definition) is 4. The Balaban J connectivity index is 2.20. The van der Waals surface area contributed by atoms with Crippen molar-refractivity contribution in [2.45, 2.75) is 13.3 Å². The van der Waals surface area contributed by atoms with E-state index in [0.717, 1.165) is 5.56 Å². The molecular formula is C16H14N2O2. The molecule has 0 aliphatic rings. The van der Waals surface area contributed by atoms with Gasteiger partial charge in [0.25, 0.3) is 0 Å². The van der Waals surface area contributed by atoms with E-state index < -0.39 is 0 Å². The molecule has 100 valence electrons. The first-order valence-electron chi connectivity index (χ1n) is 6.14. The fraction of sp³-hybridized carbons (Fsp3) is 0.125. The van der Waals surface area contributed by atoms with E-state index in [-0.39, 0.29) is 5.78 Å². The fourth-order valence-electron chi connectivity index (χ4n) is 1.81. The lowest BCUT2D eigenvalue weighted by atomic mass is 10.1. The number of Topliss-reactive ketones (excluding diaryl/α,β-unsaturated/α-hetero) is 1. The number of ether oxygens (including phenoxy) is 1. The number of rotatable bonds is 4. The molecule has 2 aromatic carbocycles. The Bertz CT molecular complexity index is 670. The van der Waals surface area contributed by atoms with E-state index >= 15 is 0 Å². The molecule has 2 aromatic rings. The first-order valence-corrected chi connectivity index (χ1v) is 6.14. The number of anilines is 1. The number of nitrogens with zero attached hydrogens (tertiary/aromatic N) is 1. The van der Waals surface area contributed by atoms with Crippen LogP contribution < -0.4 is 10.5 Å². The Labute approximate surface area is 117 Å². The molecule has 2 rings (SSSR count). The van der Waals surface area contributed by atoms with Gasteiger partial charge in [-0.15, -0.1) is 0 Å². The molecule has 0 heterocycles. The molecule has 0 atom stereocenters. The van der Waals surface area contributed by atoms with Crippen molar-refractivity contribution in [2.24, 2.45) is 0 Å². The number of hydrogen-bond donors (Lipinski definition) is 1. The average Bonchev–Trinajstić information content (AvgIpc) is 2.43. The molecule has 0 amide bonds. The van der Waals surface area contributed by atoms with E-state index in [1.54, 1.807) is 30.3 Å². The molecule has 0 fully saturated rings. The number of nitrogen functional groups attached to an aromatic ring is 1. The molecular weight excluding hydrogens is 252 g/mol. The van der Waals surface area contributed by atoms with Gasteiger partial charge in [-0.25, -0.2) is 0 Å². The largest absolute Gasteiger partial charge is 0.457 e. The molecule has 20 heavy (non-hydrogen) atoms. The third kappa shape index (κ3) is 3.15. The minimum atomic E-state index is -0.0997. The zero-order valence-electron chi connectivity index (χ0n) is 11.1. The molecule has 0 unspecified atom stereocenters. The smallest absolute Gasteiger partial charge is 0.162 e. The molecule has 0 saturated carbocycles. The van der Waals surface area contributed by atoms with Crippen molar-refractivity contribution in [1.82, 2.24) is 0 Å². The van der Waals surface area contributed by atoms with E-state index in [1.807, 2.05) is 12.1 Å². The van der Waals surface area contributed by atoms with Crippen molar-refractivity contribution < 1.29 is 9.53 Å². The fourth-order valence-corrected chi connectivity index (χ4v) is 1.81. The molecule has 0 aromatic heterocycles. The van der Waals surface area contributed by atoms with Gasteiger partial charge in [-0.3, -0.25) is 4.79 Å². The Morgan fingerprint density at radius 3 is 2.45 bits per heavy atom. The Kier molecular flexibility index (Phi) is 4.02. The predicted octanol–water partition coefficient (Wildman–Crippen LogP) is 3.33. The number of carbonyl (C=O) groups is 1. The first-order chi connectivity index (χ1) is 9.60. The molecule has 4 heteroatoms. The summed E-state index contributed by atoms with van der Waals surface area (Å²) < 4.78 is 5.67. The van der Waals surface area contributed by atoms with Crippen LogP contribution in [-0.2, 0) is 6.42 Å². The summed E-state index contributed by atoms with van der Waals surface area (Å²) in [5.41, 5.74) is 7.55. The van der Waals surface area contributed by atoms with Crippen LogP contribution in [0.25, 0.3) is 0 Å². The number of nitrogens with two attached hydrogens (primary N) is 1. The van der Waals surface area contributed by atoms with Crippen molar-refractivity contribution in [3.05, 3.63) is 53.6 Å². The number of benzene rings is 2. The summed E-state index contributed by atoms with van der Waals surface area (Å²) in [5, 5.41) is 8.61. The Morgan fingerprint density at radius 1 is 1.20 bits per heavy atom. The van der Waals surface area contributed by atoms with Crippen LogP contribution in [0.1, 0.15) is 22.8 Å². The molecule has 0 aliphatic heterocycles. The lowest BCUT2D eigenvalue weighted by Crippen LogP contribution is -1.99. The second-order valence-electron chi connectivity index (χ2n) is 4.39. The lowest BCUT2D eigenvalue weighted by molar-refractivity contribution is 0.101. The van der Waals surface area contributed by atoms with E-state index in [1.165, 1.54) is 6.92 Å². The maximum Gasteiger partial charge on any atom is 0.162 e. The second-order valence-corrected chi connectivity index (χ2v) is 4.39. The quantitative estimate of drug-likeness (QED) is 0.680. The zero-order chi connectivity index (χ0) is 14.5. The minimum Gasteiger partial charge on any atom is -0.457 e. The maximum atomic E-state index is 11.4. The van der Waals surface area contributed by atoms with E-state index in [2.05, 4.69) is 6.07 Å². The molecule has 0 radical (unpaired) electrons. The highest BCUT2D eigenvalue weighted by Crippen LogP contribution is 2.25. The summed E-state index contributed by atoms with van der Waals surface area (Å²) in [6, 6.07) is 14.3. The van der Waals surface area contributed by atoms with Gasteiger partial charge in [-0.2, -0.15) is 5.26 Å². The van der Waals surface area contributed by atoms with Crippen molar-refractivity contribution in [2.75, 3.05) is 5.73 Å². The van der Waals surface area contributed by atoms with Gasteiger partial charge < -0.3 is 10.5 Å². The monoisotopic (exact) mass is 266 g/mol. The van der Waals surface area contributed by atoms with Crippen LogP contribution in [0.4, 0.5) is 5.69 Å². The van der Waals surface area contributed by atoms with Crippen molar-refractivity contribution in [1.29, 1.82) is 5.26 Å². The van der Waals surface area contributed by atoms with Crippen LogP contribution in [0.5, 0.6) is 11.5 Å². The third-order valence-corrected chi connectivity index (χ3v) is 2.85. The zero-order valence-corrected chi connectivity index (χ0v) is 11.1. The highest BCUT2D eigenvalue weighted by molar-refractivity contribution is 5.99. The molecule has 0 spiro atoms. The highest BCUT2D eigenvalue weighted by Gasteiger charge is 2.07.